The van der Waals surface area contributed by atoms with E-state index in [0.717, 1.165) is 0 Å². The fraction of sp³-hybridized carbons (Fsp3) is 0.364. The van der Waals surface area contributed by atoms with Crippen molar-refractivity contribution in [3.05, 3.63) is 23.8 Å². The molecule has 0 aliphatic heterocycles. The minimum atomic E-state index is -4.25. The minimum Gasteiger partial charge on any atom is -0.493 e. The van der Waals surface area contributed by atoms with Crippen LogP contribution in [0.25, 0.3) is 0 Å². The van der Waals surface area contributed by atoms with Gasteiger partial charge in [-0.25, -0.2) is 0 Å². The van der Waals surface area contributed by atoms with Crippen LogP contribution in [0.3, 0.4) is 0 Å². The van der Waals surface area contributed by atoms with Gasteiger partial charge < -0.3 is 9.47 Å². The maximum absolute atomic E-state index is 11.9. The number of ether oxygens (including phenoxy) is 2. The smallest absolute Gasteiger partial charge is 0.392 e. The average molecular weight is 245 g/mol. The number of rotatable bonds is 4. The van der Waals surface area contributed by atoms with Crippen LogP contribution in [0, 0.1) is 11.3 Å². The van der Waals surface area contributed by atoms with E-state index in [9.17, 15) is 13.2 Å². The van der Waals surface area contributed by atoms with E-state index in [1.807, 2.05) is 6.07 Å². The zero-order valence-electron chi connectivity index (χ0n) is 9.04. The van der Waals surface area contributed by atoms with Crippen LogP contribution in [0.15, 0.2) is 18.2 Å². The summed E-state index contributed by atoms with van der Waals surface area (Å²) >= 11 is 0. The number of benzene rings is 1. The molecule has 0 amide bonds. The van der Waals surface area contributed by atoms with Crippen LogP contribution in [-0.2, 0) is 0 Å². The maximum atomic E-state index is 11.9. The second-order valence-electron chi connectivity index (χ2n) is 3.19. The quantitative estimate of drug-likeness (QED) is 0.819. The molecule has 92 valence electrons. The monoisotopic (exact) mass is 245 g/mol. The third kappa shape index (κ3) is 4.23. The van der Waals surface area contributed by atoms with Gasteiger partial charge in [-0.1, -0.05) is 0 Å². The number of hydrogen-bond acceptors (Lipinski definition) is 3. The van der Waals surface area contributed by atoms with Crippen LogP contribution in [-0.4, -0.2) is 19.9 Å². The van der Waals surface area contributed by atoms with Gasteiger partial charge in [0, 0.05) is 6.07 Å². The fourth-order valence-corrected chi connectivity index (χ4v) is 1.13. The number of halogens is 3. The van der Waals surface area contributed by atoms with Gasteiger partial charge in [0.25, 0.3) is 0 Å². The summed E-state index contributed by atoms with van der Waals surface area (Å²) in [6, 6.07) is 6.16. The molecule has 0 bridgehead atoms. The minimum absolute atomic E-state index is 0.191. The Morgan fingerprint density at radius 1 is 1.29 bits per heavy atom. The number of hydrogen-bond donors (Lipinski definition) is 0. The van der Waals surface area contributed by atoms with Crippen molar-refractivity contribution >= 4 is 0 Å². The van der Waals surface area contributed by atoms with E-state index in [-0.39, 0.29) is 11.5 Å². The van der Waals surface area contributed by atoms with Crippen LogP contribution < -0.4 is 9.47 Å². The lowest BCUT2D eigenvalue weighted by molar-refractivity contribution is -0.139. The number of methoxy groups -OCH3 is 1. The van der Waals surface area contributed by atoms with Crippen molar-refractivity contribution in [2.24, 2.45) is 0 Å². The first kappa shape index (κ1) is 13.2. The summed E-state index contributed by atoms with van der Waals surface area (Å²) < 4.78 is 45.6. The molecule has 6 heteroatoms. The van der Waals surface area contributed by atoms with Crippen molar-refractivity contribution in [3.63, 3.8) is 0 Å². The SMILES string of the molecule is COc1cc(C#N)ccc1OCCC(F)(F)F. The molecule has 17 heavy (non-hydrogen) atoms. The van der Waals surface area contributed by atoms with Crippen molar-refractivity contribution in [3.8, 4) is 17.6 Å². The van der Waals surface area contributed by atoms with Gasteiger partial charge in [-0.05, 0) is 12.1 Å². The van der Waals surface area contributed by atoms with Gasteiger partial charge in [-0.2, -0.15) is 18.4 Å². The molecule has 0 unspecified atom stereocenters. The molecule has 0 aliphatic carbocycles. The molecule has 0 saturated carbocycles. The molecule has 1 aromatic carbocycles. The first-order valence-corrected chi connectivity index (χ1v) is 4.74. The Labute approximate surface area is 96.4 Å². The van der Waals surface area contributed by atoms with Gasteiger partial charge in [0.1, 0.15) is 0 Å². The lowest BCUT2D eigenvalue weighted by Crippen LogP contribution is -2.13. The van der Waals surface area contributed by atoms with Gasteiger partial charge in [-0.15, -0.1) is 0 Å². The lowest BCUT2D eigenvalue weighted by atomic mass is 10.2. The summed E-state index contributed by atoms with van der Waals surface area (Å²) in [5, 5.41) is 8.64. The molecule has 0 fully saturated rings. The Kier molecular flexibility index (Phi) is 4.21. The van der Waals surface area contributed by atoms with E-state index in [4.69, 9.17) is 14.7 Å². The van der Waals surface area contributed by atoms with E-state index >= 15 is 0 Å². The molecule has 0 heterocycles. The van der Waals surface area contributed by atoms with E-state index in [0.29, 0.717) is 5.56 Å². The molecule has 0 radical (unpaired) electrons. The predicted octanol–water partition coefficient (Wildman–Crippen LogP) is 2.90. The standard InChI is InChI=1S/C11H10F3NO2/c1-16-10-6-8(7-15)2-3-9(10)17-5-4-11(12,13)14/h2-3,6H,4-5H2,1H3. The topological polar surface area (TPSA) is 42.2 Å². The molecule has 0 N–H and O–H groups in total. The molecular weight excluding hydrogens is 235 g/mol. The number of nitriles is 1. The molecular formula is C11H10F3NO2. The Balaban J connectivity index is 2.68. The third-order valence-electron chi connectivity index (χ3n) is 1.94. The Hall–Kier alpha value is -1.90. The van der Waals surface area contributed by atoms with Gasteiger partial charge >= 0.3 is 6.18 Å². The number of alkyl halides is 3. The summed E-state index contributed by atoms with van der Waals surface area (Å²) in [5.74, 6) is 0.432. The first-order chi connectivity index (χ1) is 7.96. The highest BCUT2D eigenvalue weighted by Crippen LogP contribution is 2.29. The summed E-state index contributed by atoms with van der Waals surface area (Å²) in [7, 11) is 1.35. The second kappa shape index (κ2) is 5.43. The number of nitrogens with zero attached hydrogens (tertiary/aromatic N) is 1. The van der Waals surface area contributed by atoms with E-state index in [1.54, 1.807) is 0 Å². The average Bonchev–Trinajstić information content (AvgIpc) is 2.27. The van der Waals surface area contributed by atoms with Crippen LogP contribution in [0.1, 0.15) is 12.0 Å². The highest BCUT2D eigenvalue weighted by atomic mass is 19.4. The van der Waals surface area contributed by atoms with Crippen LogP contribution >= 0.6 is 0 Å². The Morgan fingerprint density at radius 2 is 2.00 bits per heavy atom. The highest BCUT2D eigenvalue weighted by Gasteiger charge is 2.27. The van der Waals surface area contributed by atoms with Crippen molar-refractivity contribution in [2.45, 2.75) is 12.6 Å². The Bertz CT molecular complexity index is 424. The zero-order chi connectivity index (χ0) is 12.9. The fourth-order valence-electron chi connectivity index (χ4n) is 1.13. The molecule has 1 rings (SSSR count). The molecule has 0 saturated heterocycles. The van der Waals surface area contributed by atoms with Crippen LogP contribution in [0.4, 0.5) is 13.2 Å². The van der Waals surface area contributed by atoms with Gasteiger partial charge in [0.15, 0.2) is 11.5 Å². The van der Waals surface area contributed by atoms with Crippen molar-refractivity contribution in [1.29, 1.82) is 5.26 Å². The van der Waals surface area contributed by atoms with E-state index in [2.05, 4.69) is 0 Å². The largest absolute Gasteiger partial charge is 0.493 e. The highest BCUT2D eigenvalue weighted by molar-refractivity contribution is 5.46. The van der Waals surface area contributed by atoms with Gasteiger partial charge in [0.2, 0.25) is 0 Å². The van der Waals surface area contributed by atoms with E-state index in [1.165, 1.54) is 25.3 Å². The molecule has 0 atom stereocenters. The molecule has 0 aromatic heterocycles. The van der Waals surface area contributed by atoms with Crippen LogP contribution in [0.2, 0.25) is 0 Å². The summed E-state index contributed by atoms with van der Waals surface area (Å²) in [6.45, 7) is -0.480. The van der Waals surface area contributed by atoms with Crippen molar-refractivity contribution in [2.75, 3.05) is 13.7 Å². The molecule has 3 nitrogen and oxygen atoms in total. The van der Waals surface area contributed by atoms with Crippen LogP contribution in [0.5, 0.6) is 11.5 Å². The van der Waals surface area contributed by atoms with Gasteiger partial charge in [0.05, 0.1) is 31.8 Å². The lowest BCUT2D eigenvalue weighted by Gasteiger charge is -2.11. The summed E-state index contributed by atoms with van der Waals surface area (Å²) in [6.07, 6.45) is -5.28. The van der Waals surface area contributed by atoms with Crippen molar-refractivity contribution in [1.82, 2.24) is 0 Å². The summed E-state index contributed by atoms with van der Waals surface area (Å²) in [5.41, 5.74) is 0.352. The third-order valence-corrected chi connectivity index (χ3v) is 1.94. The zero-order valence-corrected chi connectivity index (χ0v) is 9.04. The maximum Gasteiger partial charge on any atom is 0.392 e. The van der Waals surface area contributed by atoms with Crippen molar-refractivity contribution < 1.29 is 22.6 Å². The van der Waals surface area contributed by atoms with Gasteiger partial charge in [-0.3, -0.25) is 0 Å². The molecule has 1 aromatic rings. The summed E-state index contributed by atoms with van der Waals surface area (Å²) in [4.78, 5) is 0. The first-order valence-electron chi connectivity index (χ1n) is 4.74. The predicted molar refractivity (Wildman–Crippen MR) is 53.9 cm³/mol. The molecule has 0 spiro atoms. The normalized spacial score (nSPS) is 10.8. The Morgan fingerprint density at radius 3 is 2.53 bits per heavy atom. The second-order valence-corrected chi connectivity index (χ2v) is 3.19. The molecule has 0 aliphatic rings. The van der Waals surface area contributed by atoms with E-state index < -0.39 is 19.2 Å².